The van der Waals surface area contributed by atoms with Crippen LogP contribution in [0.1, 0.15) is 28.4 Å². The van der Waals surface area contributed by atoms with Gasteiger partial charge in [0, 0.05) is 19.7 Å². The summed E-state index contributed by atoms with van der Waals surface area (Å²) in [5.74, 6) is -0.948. The smallest absolute Gasteiger partial charge is 0.307 e. The number of benzene rings is 2. The second-order valence-electron chi connectivity index (χ2n) is 6.03. The lowest BCUT2D eigenvalue weighted by Gasteiger charge is -2.19. The molecular weight excluding hydrogens is 368 g/mol. The Hall–Kier alpha value is -2.71. The lowest BCUT2D eigenvalue weighted by molar-refractivity contribution is -0.141. The van der Waals surface area contributed by atoms with E-state index in [2.05, 4.69) is 5.32 Å². The van der Waals surface area contributed by atoms with E-state index >= 15 is 0 Å². The highest BCUT2D eigenvalue weighted by molar-refractivity contribution is 7.89. The Labute approximate surface area is 159 Å². The molecule has 0 aliphatic heterocycles. The van der Waals surface area contributed by atoms with Gasteiger partial charge in [0.2, 0.25) is 10.0 Å². The molecule has 0 saturated carbocycles. The molecule has 0 spiro atoms. The number of nitrogens with one attached hydrogen (secondary N) is 1. The highest BCUT2D eigenvalue weighted by Gasteiger charge is 2.22. The van der Waals surface area contributed by atoms with E-state index in [1.54, 1.807) is 24.3 Å². The summed E-state index contributed by atoms with van der Waals surface area (Å²) in [5.41, 5.74) is 0.928. The maximum atomic E-state index is 12.7. The lowest BCUT2D eigenvalue weighted by atomic mass is 10.0. The van der Waals surface area contributed by atoms with Gasteiger partial charge in [-0.3, -0.25) is 9.59 Å². The summed E-state index contributed by atoms with van der Waals surface area (Å²) in [5, 5.41) is 2.77. The van der Waals surface area contributed by atoms with Gasteiger partial charge < -0.3 is 10.1 Å². The minimum absolute atomic E-state index is 0.0179. The SMILES string of the molecule is COC(=O)C[C@@H](NC(=O)c1cccc(S(=O)(=O)N(C)C)c1)c1ccccc1. The predicted octanol–water partition coefficient (Wildman–Crippen LogP) is 1.97. The molecular formula is C19H22N2O5S. The molecule has 0 radical (unpaired) electrons. The number of nitrogens with zero attached hydrogens (tertiary/aromatic N) is 1. The first kappa shape index (κ1) is 20.6. The molecule has 0 aromatic heterocycles. The second-order valence-corrected chi connectivity index (χ2v) is 8.18. The maximum Gasteiger partial charge on any atom is 0.307 e. The predicted molar refractivity (Wildman–Crippen MR) is 101 cm³/mol. The fourth-order valence-electron chi connectivity index (χ4n) is 2.44. The number of methoxy groups -OCH3 is 1. The molecule has 7 nitrogen and oxygen atoms in total. The molecule has 0 unspecified atom stereocenters. The fourth-order valence-corrected chi connectivity index (χ4v) is 3.39. The first-order valence-corrected chi connectivity index (χ1v) is 9.65. The Kier molecular flexibility index (Phi) is 6.70. The van der Waals surface area contributed by atoms with Crippen molar-refractivity contribution >= 4 is 21.9 Å². The van der Waals surface area contributed by atoms with Crippen LogP contribution in [0, 0.1) is 0 Å². The van der Waals surface area contributed by atoms with Crippen molar-refractivity contribution in [3.63, 3.8) is 0 Å². The molecule has 1 atom stereocenters. The molecule has 1 amide bonds. The molecule has 2 rings (SSSR count). The Balaban J connectivity index is 2.29. The number of amides is 1. The van der Waals surface area contributed by atoms with Crippen LogP contribution in [0.4, 0.5) is 0 Å². The molecule has 0 heterocycles. The number of ether oxygens (including phenoxy) is 1. The van der Waals surface area contributed by atoms with Crippen LogP contribution in [0.5, 0.6) is 0 Å². The molecule has 27 heavy (non-hydrogen) atoms. The van der Waals surface area contributed by atoms with Crippen molar-refractivity contribution in [1.82, 2.24) is 9.62 Å². The van der Waals surface area contributed by atoms with Crippen LogP contribution in [0.25, 0.3) is 0 Å². The van der Waals surface area contributed by atoms with E-state index < -0.39 is 27.9 Å². The molecule has 0 fully saturated rings. The number of rotatable bonds is 7. The van der Waals surface area contributed by atoms with Crippen LogP contribution in [0.15, 0.2) is 59.5 Å². The monoisotopic (exact) mass is 390 g/mol. The van der Waals surface area contributed by atoms with Gasteiger partial charge in [-0.05, 0) is 23.8 Å². The largest absolute Gasteiger partial charge is 0.469 e. The van der Waals surface area contributed by atoms with Gasteiger partial charge >= 0.3 is 5.97 Å². The van der Waals surface area contributed by atoms with E-state index in [0.29, 0.717) is 0 Å². The van der Waals surface area contributed by atoms with E-state index in [1.165, 1.54) is 45.5 Å². The van der Waals surface area contributed by atoms with Gasteiger partial charge in [0.25, 0.3) is 5.91 Å². The zero-order valence-corrected chi connectivity index (χ0v) is 16.2. The van der Waals surface area contributed by atoms with Crippen LogP contribution in [0.2, 0.25) is 0 Å². The Morgan fingerprint density at radius 3 is 2.33 bits per heavy atom. The van der Waals surface area contributed by atoms with Crippen LogP contribution in [-0.2, 0) is 19.6 Å². The highest BCUT2D eigenvalue weighted by atomic mass is 32.2. The lowest BCUT2D eigenvalue weighted by Crippen LogP contribution is -2.30. The summed E-state index contributed by atoms with van der Waals surface area (Å²) in [4.78, 5) is 24.4. The molecule has 1 N–H and O–H groups in total. The molecule has 0 saturated heterocycles. The number of esters is 1. The van der Waals surface area contributed by atoms with Crippen molar-refractivity contribution in [3.8, 4) is 0 Å². The van der Waals surface area contributed by atoms with Gasteiger partial charge in [-0.25, -0.2) is 12.7 Å². The summed E-state index contributed by atoms with van der Waals surface area (Å²) >= 11 is 0. The molecule has 0 bridgehead atoms. The third kappa shape index (κ3) is 5.15. The van der Waals surface area contributed by atoms with Crippen molar-refractivity contribution in [3.05, 3.63) is 65.7 Å². The Morgan fingerprint density at radius 2 is 1.74 bits per heavy atom. The van der Waals surface area contributed by atoms with Crippen LogP contribution >= 0.6 is 0 Å². The van der Waals surface area contributed by atoms with Crippen molar-refractivity contribution in [1.29, 1.82) is 0 Å². The third-order valence-corrected chi connectivity index (χ3v) is 5.79. The summed E-state index contributed by atoms with van der Waals surface area (Å²) in [6, 6.07) is 14.2. The van der Waals surface area contributed by atoms with Crippen LogP contribution in [0.3, 0.4) is 0 Å². The number of sulfonamides is 1. The second kappa shape index (κ2) is 8.79. The Bertz CT molecular complexity index is 911. The third-order valence-electron chi connectivity index (χ3n) is 3.98. The van der Waals surface area contributed by atoms with Crippen molar-refractivity contribution in [2.24, 2.45) is 0 Å². The normalized spacial score (nSPS) is 12.4. The van der Waals surface area contributed by atoms with E-state index in [9.17, 15) is 18.0 Å². The first-order chi connectivity index (χ1) is 12.8. The van der Waals surface area contributed by atoms with E-state index in [-0.39, 0.29) is 16.9 Å². The molecule has 0 aliphatic carbocycles. The minimum Gasteiger partial charge on any atom is -0.469 e. The van der Waals surface area contributed by atoms with Crippen molar-refractivity contribution in [2.75, 3.05) is 21.2 Å². The van der Waals surface area contributed by atoms with Gasteiger partial charge in [0.05, 0.1) is 24.5 Å². The van der Waals surface area contributed by atoms with E-state index in [0.717, 1.165) is 9.87 Å². The number of carbonyl (C=O) groups is 2. The summed E-state index contributed by atoms with van der Waals surface area (Å²) in [7, 11) is 0.463. The van der Waals surface area contributed by atoms with Gasteiger partial charge in [-0.1, -0.05) is 36.4 Å². The first-order valence-electron chi connectivity index (χ1n) is 8.21. The van der Waals surface area contributed by atoms with Crippen LogP contribution < -0.4 is 5.32 Å². The van der Waals surface area contributed by atoms with Crippen LogP contribution in [-0.4, -0.2) is 45.8 Å². The standard InChI is InChI=1S/C19H22N2O5S/c1-21(2)27(24,25)16-11-7-10-15(12-16)19(23)20-17(13-18(22)26-3)14-8-5-4-6-9-14/h4-12,17H,13H2,1-3H3,(H,20,23)/t17-/m1/s1. The quantitative estimate of drug-likeness (QED) is 0.730. The molecule has 0 aliphatic rings. The molecule has 144 valence electrons. The molecule has 8 heteroatoms. The van der Waals surface area contributed by atoms with Crippen molar-refractivity contribution in [2.45, 2.75) is 17.4 Å². The van der Waals surface area contributed by atoms with Gasteiger partial charge in [0.15, 0.2) is 0 Å². The Morgan fingerprint density at radius 1 is 1.07 bits per heavy atom. The fraction of sp³-hybridized carbons (Fsp3) is 0.263. The maximum absolute atomic E-state index is 12.7. The zero-order chi connectivity index (χ0) is 20.0. The average molecular weight is 390 g/mol. The van der Waals surface area contributed by atoms with E-state index in [1.807, 2.05) is 6.07 Å². The number of carbonyl (C=O) groups excluding carboxylic acids is 2. The summed E-state index contributed by atoms with van der Waals surface area (Å²) in [6.45, 7) is 0. The number of hydrogen-bond acceptors (Lipinski definition) is 5. The topological polar surface area (TPSA) is 92.8 Å². The van der Waals surface area contributed by atoms with Crippen molar-refractivity contribution < 1.29 is 22.7 Å². The summed E-state index contributed by atoms with van der Waals surface area (Å²) in [6.07, 6.45) is -0.0397. The van der Waals surface area contributed by atoms with E-state index in [4.69, 9.17) is 4.74 Å². The number of hydrogen-bond donors (Lipinski definition) is 1. The summed E-state index contributed by atoms with van der Waals surface area (Å²) < 4.78 is 30.3. The molecule has 2 aromatic rings. The van der Waals surface area contributed by atoms with Gasteiger partial charge in [0.1, 0.15) is 0 Å². The average Bonchev–Trinajstić information content (AvgIpc) is 2.67. The van der Waals surface area contributed by atoms with Gasteiger partial charge in [-0.15, -0.1) is 0 Å². The minimum atomic E-state index is -3.66. The highest BCUT2D eigenvalue weighted by Crippen LogP contribution is 2.19. The zero-order valence-electron chi connectivity index (χ0n) is 15.4. The molecule has 2 aromatic carbocycles. The van der Waals surface area contributed by atoms with Gasteiger partial charge in [-0.2, -0.15) is 0 Å².